The van der Waals surface area contributed by atoms with Crippen LogP contribution in [0.5, 0.6) is 17.2 Å². The van der Waals surface area contributed by atoms with E-state index < -0.39 is 17.7 Å². The minimum atomic E-state index is -0.823. The molecule has 0 saturated carbocycles. The van der Waals surface area contributed by atoms with Crippen molar-refractivity contribution in [2.45, 2.75) is 32.7 Å². The molecule has 36 heavy (non-hydrogen) atoms. The Balaban J connectivity index is 1.65. The fraction of sp³-hybridized carbons (Fsp3) is 0.241. The first-order chi connectivity index (χ1) is 17.4. The summed E-state index contributed by atoms with van der Waals surface area (Å²) < 4.78 is 16.4. The molecule has 2 aliphatic rings. The molecule has 1 unspecified atom stereocenters. The summed E-state index contributed by atoms with van der Waals surface area (Å²) in [5.74, 6) is 0.297. The predicted octanol–water partition coefficient (Wildman–Crippen LogP) is 5.56. The second-order valence-corrected chi connectivity index (χ2v) is 8.99. The lowest BCUT2D eigenvalue weighted by Crippen LogP contribution is -2.29. The molecule has 0 aromatic heterocycles. The highest BCUT2D eigenvalue weighted by molar-refractivity contribution is 6.51. The molecule has 184 valence electrons. The normalized spacial score (nSPS) is 18.2. The molecule has 1 saturated heterocycles. The van der Waals surface area contributed by atoms with Gasteiger partial charge in [-0.2, -0.15) is 0 Å². The molecular formula is C29H27NO6. The van der Waals surface area contributed by atoms with Crippen LogP contribution in [-0.2, 0) is 9.59 Å². The van der Waals surface area contributed by atoms with E-state index in [1.54, 1.807) is 30.3 Å². The Kier molecular flexibility index (Phi) is 6.14. The van der Waals surface area contributed by atoms with Crippen molar-refractivity contribution >= 4 is 23.1 Å². The van der Waals surface area contributed by atoms with E-state index in [2.05, 4.69) is 13.8 Å². The molecule has 0 radical (unpaired) electrons. The Morgan fingerprint density at radius 1 is 1.00 bits per heavy atom. The van der Waals surface area contributed by atoms with Gasteiger partial charge in [-0.3, -0.25) is 14.5 Å². The van der Waals surface area contributed by atoms with Gasteiger partial charge in [-0.25, -0.2) is 0 Å². The average molecular weight is 486 g/mol. The van der Waals surface area contributed by atoms with Crippen LogP contribution < -0.4 is 19.1 Å². The molecule has 2 aliphatic heterocycles. The largest absolute Gasteiger partial charge is 0.507 e. The van der Waals surface area contributed by atoms with Crippen molar-refractivity contribution in [3.05, 3.63) is 89.0 Å². The highest BCUT2D eigenvalue weighted by atomic mass is 16.7. The molecule has 7 heteroatoms. The Morgan fingerprint density at radius 3 is 2.36 bits per heavy atom. The van der Waals surface area contributed by atoms with Gasteiger partial charge in [-0.15, -0.1) is 0 Å². The van der Waals surface area contributed by atoms with Gasteiger partial charge in [0.1, 0.15) is 11.5 Å². The lowest BCUT2D eigenvalue weighted by atomic mass is 9.94. The number of hydrogen-bond donors (Lipinski definition) is 1. The van der Waals surface area contributed by atoms with Crippen LogP contribution in [-0.4, -0.2) is 30.2 Å². The van der Waals surface area contributed by atoms with Crippen LogP contribution in [0, 0.1) is 0 Å². The van der Waals surface area contributed by atoms with Crippen LogP contribution in [0.2, 0.25) is 0 Å². The number of rotatable bonds is 6. The lowest BCUT2D eigenvalue weighted by molar-refractivity contribution is -0.132. The monoisotopic (exact) mass is 485 g/mol. The second-order valence-electron chi connectivity index (χ2n) is 8.99. The van der Waals surface area contributed by atoms with Crippen molar-refractivity contribution < 1.29 is 28.9 Å². The summed E-state index contributed by atoms with van der Waals surface area (Å²) in [6, 6.07) is 18.9. The fourth-order valence-corrected chi connectivity index (χ4v) is 4.55. The molecule has 3 aromatic rings. The van der Waals surface area contributed by atoms with Gasteiger partial charge >= 0.3 is 0 Å². The Labute approximate surface area is 209 Å². The molecular weight excluding hydrogens is 458 g/mol. The number of benzene rings is 3. The number of aliphatic hydroxyl groups is 1. The molecule has 7 nitrogen and oxygen atoms in total. The molecule has 3 aromatic carbocycles. The maximum atomic E-state index is 13.4. The number of amides is 1. The van der Waals surface area contributed by atoms with Crippen LogP contribution in [0.15, 0.2) is 72.3 Å². The van der Waals surface area contributed by atoms with E-state index in [0.717, 1.165) is 5.56 Å². The van der Waals surface area contributed by atoms with Gasteiger partial charge in [-0.1, -0.05) is 38.1 Å². The smallest absolute Gasteiger partial charge is 0.300 e. The summed E-state index contributed by atoms with van der Waals surface area (Å²) in [4.78, 5) is 28.2. The molecule has 1 N–H and O–H groups in total. The topological polar surface area (TPSA) is 85.3 Å². The quantitative estimate of drug-likeness (QED) is 0.279. The molecule has 5 rings (SSSR count). The third-order valence-corrected chi connectivity index (χ3v) is 6.44. The van der Waals surface area contributed by atoms with Gasteiger partial charge in [0.15, 0.2) is 11.5 Å². The molecule has 1 fully saturated rings. The molecule has 1 amide bonds. The van der Waals surface area contributed by atoms with Crippen LogP contribution in [0.4, 0.5) is 5.69 Å². The van der Waals surface area contributed by atoms with E-state index in [0.29, 0.717) is 46.6 Å². The lowest BCUT2D eigenvalue weighted by Gasteiger charge is -2.26. The first-order valence-corrected chi connectivity index (χ1v) is 11.9. The number of carbonyl (C=O) groups is 2. The maximum Gasteiger partial charge on any atom is 0.300 e. The minimum Gasteiger partial charge on any atom is -0.507 e. The zero-order chi connectivity index (χ0) is 25.4. The molecule has 2 heterocycles. The van der Waals surface area contributed by atoms with Gasteiger partial charge in [0.25, 0.3) is 11.7 Å². The highest BCUT2D eigenvalue weighted by Gasteiger charge is 2.47. The third-order valence-electron chi connectivity index (χ3n) is 6.44. The van der Waals surface area contributed by atoms with Gasteiger partial charge in [-0.05, 0) is 66.4 Å². The van der Waals surface area contributed by atoms with Crippen molar-refractivity contribution in [3.8, 4) is 17.2 Å². The highest BCUT2D eigenvalue weighted by Crippen LogP contribution is 2.44. The maximum absolute atomic E-state index is 13.4. The SMILES string of the molecule is CCOc1ccc(C2/C(=C(/O)c3ccc4c(c3)OCO4)C(=O)C(=O)N2c2ccc(C(C)C)cc2)cc1. The summed E-state index contributed by atoms with van der Waals surface area (Å²) >= 11 is 0. The summed E-state index contributed by atoms with van der Waals surface area (Å²) in [5.41, 5.74) is 2.74. The molecule has 1 atom stereocenters. The van der Waals surface area contributed by atoms with Crippen molar-refractivity contribution in [2.75, 3.05) is 18.3 Å². The number of ketones is 1. The van der Waals surface area contributed by atoms with E-state index in [-0.39, 0.29) is 18.1 Å². The van der Waals surface area contributed by atoms with Gasteiger partial charge in [0, 0.05) is 11.3 Å². The number of nitrogens with zero attached hydrogens (tertiary/aromatic N) is 1. The number of Topliss-reactive ketones (excluding diaryl/α,β-unsaturated/α-hetero) is 1. The average Bonchev–Trinajstić information content (AvgIpc) is 3.46. The number of aliphatic hydroxyl groups excluding tert-OH is 1. The minimum absolute atomic E-state index is 0.0101. The number of anilines is 1. The number of fused-ring (bicyclic) bond motifs is 1. The Hall–Kier alpha value is -4.26. The van der Waals surface area contributed by atoms with Crippen LogP contribution in [0.25, 0.3) is 5.76 Å². The molecule has 0 aliphatic carbocycles. The van der Waals surface area contributed by atoms with Gasteiger partial charge in [0.2, 0.25) is 6.79 Å². The van der Waals surface area contributed by atoms with Crippen molar-refractivity contribution in [2.24, 2.45) is 0 Å². The fourth-order valence-electron chi connectivity index (χ4n) is 4.55. The van der Waals surface area contributed by atoms with E-state index in [9.17, 15) is 14.7 Å². The predicted molar refractivity (Wildman–Crippen MR) is 135 cm³/mol. The zero-order valence-electron chi connectivity index (χ0n) is 20.4. The van der Waals surface area contributed by atoms with Crippen LogP contribution >= 0.6 is 0 Å². The van der Waals surface area contributed by atoms with Crippen molar-refractivity contribution in [1.82, 2.24) is 0 Å². The second kappa shape index (κ2) is 9.41. The van der Waals surface area contributed by atoms with Crippen LogP contribution in [0.1, 0.15) is 49.4 Å². The Morgan fingerprint density at radius 2 is 1.69 bits per heavy atom. The van der Waals surface area contributed by atoms with Crippen molar-refractivity contribution in [1.29, 1.82) is 0 Å². The molecule has 0 bridgehead atoms. The Bertz CT molecular complexity index is 1340. The standard InChI is InChI=1S/C29H27NO6/c1-4-34-22-12-7-19(8-13-22)26-25(27(31)20-9-14-23-24(15-20)36-16-35-23)28(32)29(33)30(26)21-10-5-18(6-11-21)17(2)3/h5-15,17,26,31H,4,16H2,1-3H3/b27-25-. The number of ether oxygens (including phenoxy) is 3. The summed E-state index contributed by atoms with van der Waals surface area (Å²) in [6.45, 7) is 6.68. The summed E-state index contributed by atoms with van der Waals surface area (Å²) in [6.07, 6.45) is 0. The van der Waals surface area contributed by atoms with Crippen LogP contribution in [0.3, 0.4) is 0 Å². The zero-order valence-corrected chi connectivity index (χ0v) is 20.4. The van der Waals surface area contributed by atoms with E-state index >= 15 is 0 Å². The first-order valence-electron chi connectivity index (χ1n) is 11.9. The first kappa shape index (κ1) is 23.5. The van der Waals surface area contributed by atoms with Crippen molar-refractivity contribution in [3.63, 3.8) is 0 Å². The van der Waals surface area contributed by atoms with E-state index in [1.165, 1.54) is 4.90 Å². The third kappa shape index (κ3) is 4.06. The van der Waals surface area contributed by atoms with E-state index in [4.69, 9.17) is 14.2 Å². The number of carbonyl (C=O) groups excluding carboxylic acids is 2. The molecule has 0 spiro atoms. The van der Waals surface area contributed by atoms with E-state index in [1.807, 2.05) is 43.3 Å². The number of hydrogen-bond acceptors (Lipinski definition) is 6. The summed E-state index contributed by atoms with van der Waals surface area (Å²) in [7, 11) is 0. The van der Waals surface area contributed by atoms with Gasteiger partial charge in [0.05, 0.1) is 18.2 Å². The summed E-state index contributed by atoms with van der Waals surface area (Å²) in [5, 5.41) is 11.4. The van der Waals surface area contributed by atoms with Gasteiger partial charge < -0.3 is 19.3 Å².